The number of carbonyl (C=O) groups excluding carboxylic acids is 2. The largest absolute Gasteiger partial charge is 0.466 e. The van der Waals surface area contributed by atoms with Crippen molar-refractivity contribution in [3.63, 3.8) is 0 Å². The molecule has 2 unspecified atom stereocenters. The van der Waals surface area contributed by atoms with Crippen molar-refractivity contribution in [1.82, 2.24) is 0 Å². The zero-order chi connectivity index (χ0) is 15.1. The highest BCUT2D eigenvalue weighted by Crippen LogP contribution is 2.29. The van der Waals surface area contributed by atoms with Crippen molar-refractivity contribution in [2.75, 3.05) is 13.2 Å². The third-order valence-electron chi connectivity index (χ3n) is 2.35. The van der Waals surface area contributed by atoms with Crippen molar-refractivity contribution in [2.45, 2.75) is 43.5 Å². The molecule has 0 spiro atoms. The first kappa shape index (κ1) is 18.5. The molecule has 2 atom stereocenters. The summed E-state index contributed by atoms with van der Waals surface area (Å²) in [4.78, 5) is 22.4. The molecule has 0 saturated heterocycles. The first-order valence-electron chi connectivity index (χ1n) is 6.10. The minimum absolute atomic E-state index is 0.0838. The van der Waals surface area contributed by atoms with Gasteiger partial charge in [-0.05, 0) is 20.3 Å². The van der Waals surface area contributed by atoms with Gasteiger partial charge in [0.1, 0.15) is 0 Å². The number of esters is 2. The van der Waals surface area contributed by atoms with E-state index in [2.05, 4.69) is 4.74 Å². The predicted octanol–water partition coefficient (Wildman–Crippen LogP) is 2.97. The lowest BCUT2D eigenvalue weighted by molar-refractivity contribution is -0.172. The molecule has 0 amide bonds. The van der Waals surface area contributed by atoms with E-state index in [1.165, 1.54) is 6.92 Å². The molecule has 0 radical (unpaired) electrons. The van der Waals surface area contributed by atoms with Crippen molar-refractivity contribution < 1.29 is 27.8 Å². The van der Waals surface area contributed by atoms with Crippen LogP contribution < -0.4 is 0 Å². The van der Waals surface area contributed by atoms with Crippen molar-refractivity contribution in [2.24, 2.45) is 5.92 Å². The molecule has 0 N–H and O–H groups in total. The number of hydrogen-bond acceptors (Lipinski definition) is 4. The van der Waals surface area contributed by atoms with E-state index in [0.717, 1.165) is 0 Å². The molecule has 4 nitrogen and oxygen atoms in total. The summed E-state index contributed by atoms with van der Waals surface area (Å²) in [5.74, 6) is -5.92. The minimum Gasteiger partial charge on any atom is -0.466 e. The van der Waals surface area contributed by atoms with E-state index in [0.29, 0.717) is 0 Å². The van der Waals surface area contributed by atoms with E-state index in [4.69, 9.17) is 4.74 Å². The summed E-state index contributed by atoms with van der Waals surface area (Å²) >= 11 is 1.81. The molecule has 0 bridgehead atoms. The third kappa shape index (κ3) is 7.03. The van der Waals surface area contributed by atoms with E-state index in [9.17, 15) is 18.4 Å². The lowest BCUT2D eigenvalue weighted by Crippen LogP contribution is -2.34. The lowest BCUT2D eigenvalue weighted by atomic mass is 10.0. The van der Waals surface area contributed by atoms with Gasteiger partial charge in [-0.1, -0.05) is 29.5 Å². The third-order valence-corrected chi connectivity index (χ3v) is 3.30. The van der Waals surface area contributed by atoms with Crippen LogP contribution in [-0.2, 0) is 19.1 Å². The predicted molar refractivity (Wildman–Crippen MR) is 74.4 cm³/mol. The Kier molecular flexibility index (Phi) is 8.44. The summed E-state index contributed by atoms with van der Waals surface area (Å²) in [5.41, 5.74) is 0. The summed E-state index contributed by atoms with van der Waals surface area (Å²) in [6.07, 6.45) is -0.412. The van der Waals surface area contributed by atoms with Gasteiger partial charge in [-0.3, -0.25) is 4.79 Å². The van der Waals surface area contributed by atoms with Crippen LogP contribution in [0.4, 0.5) is 8.78 Å². The first-order chi connectivity index (χ1) is 8.74. The maximum Gasteiger partial charge on any atom is 0.377 e. The van der Waals surface area contributed by atoms with Crippen molar-refractivity contribution in [3.8, 4) is 0 Å². The van der Waals surface area contributed by atoms with Gasteiger partial charge in [-0.15, -0.1) is 0 Å². The molecule has 19 heavy (non-hydrogen) atoms. The van der Waals surface area contributed by atoms with Gasteiger partial charge in [0.05, 0.1) is 19.1 Å². The molecule has 7 heteroatoms. The zero-order valence-corrected chi connectivity index (χ0v) is 13.4. The molecular formula is C12H19F2IO4. The molecule has 0 aliphatic heterocycles. The standard InChI is InChI=1S/C12H19F2IO4/c1-4-18-10(16)8(3)6-9(15)7-12(13,14)11(17)19-5-2/h8-9H,4-7H2,1-3H3. The van der Waals surface area contributed by atoms with Gasteiger partial charge in [0.15, 0.2) is 0 Å². The van der Waals surface area contributed by atoms with E-state index in [-0.39, 0.29) is 19.6 Å². The fraction of sp³-hybridized carbons (Fsp3) is 0.833. The number of halogens is 3. The SMILES string of the molecule is CCOC(=O)C(C)CC(I)CC(F)(F)C(=O)OCC. The van der Waals surface area contributed by atoms with E-state index >= 15 is 0 Å². The fourth-order valence-corrected chi connectivity index (χ4v) is 2.76. The van der Waals surface area contributed by atoms with Gasteiger partial charge in [0.25, 0.3) is 0 Å². The molecular weight excluding hydrogens is 373 g/mol. The van der Waals surface area contributed by atoms with Crippen LogP contribution in [0.3, 0.4) is 0 Å². The molecule has 0 fully saturated rings. The number of carbonyl (C=O) groups is 2. The summed E-state index contributed by atoms with van der Waals surface area (Å²) in [7, 11) is 0. The second-order valence-electron chi connectivity index (χ2n) is 4.12. The molecule has 0 aliphatic carbocycles. The minimum atomic E-state index is -3.52. The molecule has 112 valence electrons. The summed E-state index contributed by atoms with van der Waals surface area (Å²) in [6, 6.07) is 0. The Morgan fingerprint density at radius 2 is 1.74 bits per heavy atom. The maximum atomic E-state index is 13.5. The van der Waals surface area contributed by atoms with Crippen LogP contribution in [0.2, 0.25) is 0 Å². The average molecular weight is 392 g/mol. The molecule has 0 aromatic carbocycles. The van der Waals surface area contributed by atoms with Gasteiger partial charge in [-0.25, -0.2) is 4.79 Å². The summed E-state index contributed by atoms with van der Waals surface area (Å²) in [6.45, 7) is 4.94. The fourth-order valence-electron chi connectivity index (χ4n) is 1.45. The number of ether oxygens (including phenoxy) is 2. The van der Waals surface area contributed by atoms with E-state index < -0.39 is 34.1 Å². The Bertz CT molecular complexity index is 310. The van der Waals surface area contributed by atoms with E-state index in [1.807, 2.05) is 22.6 Å². The Morgan fingerprint density at radius 3 is 2.21 bits per heavy atom. The Balaban J connectivity index is 4.33. The molecule has 0 rings (SSSR count). The van der Waals surface area contributed by atoms with Crippen molar-refractivity contribution in [1.29, 1.82) is 0 Å². The van der Waals surface area contributed by atoms with Gasteiger partial charge in [-0.2, -0.15) is 8.78 Å². The van der Waals surface area contributed by atoms with Crippen LogP contribution >= 0.6 is 22.6 Å². The van der Waals surface area contributed by atoms with Crippen molar-refractivity contribution in [3.05, 3.63) is 0 Å². The summed E-state index contributed by atoms with van der Waals surface area (Å²) in [5, 5.41) is 0. The van der Waals surface area contributed by atoms with E-state index in [1.54, 1.807) is 13.8 Å². The second kappa shape index (κ2) is 8.65. The molecule has 0 saturated carbocycles. The number of hydrogen-bond donors (Lipinski definition) is 0. The normalized spacial score (nSPS) is 14.6. The highest BCUT2D eigenvalue weighted by Gasteiger charge is 2.42. The number of rotatable bonds is 8. The van der Waals surface area contributed by atoms with Gasteiger partial charge < -0.3 is 9.47 Å². The topological polar surface area (TPSA) is 52.6 Å². The molecule has 0 heterocycles. The quantitative estimate of drug-likeness (QED) is 0.362. The number of alkyl halides is 3. The molecule has 0 aromatic rings. The lowest BCUT2D eigenvalue weighted by Gasteiger charge is -2.20. The summed E-state index contributed by atoms with van der Waals surface area (Å²) < 4.78 is 35.5. The van der Waals surface area contributed by atoms with Gasteiger partial charge in [0, 0.05) is 10.3 Å². The Hall–Kier alpha value is -0.470. The van der Waals surface area contributed by atoms with Crippen molar-refractivity contribution >= 4 is 34.5 Å². The van der Waals surface area contributed by atoms with Crippen LogP contribution in [-0.4, -0.2) is 35.0 Å². The first-order valence-corrected chi connectivity index (χ1v) is 7.34. The van der Waals surface area contributed by atoms with Gasteiger partial charge in [0.2, 0.25) is 0 Å². The average Bonchev–Trinajstić information content (AvgIpc) is 2.28. The van der Waals surface area contributed by atoms with Crippen LogP contribution in [0.25, 0.3) is 0 Å². The maximum absolute atomic E-state index is 13.5. The zero-order valence-electron chi connectivity index (χ0n) is 11.3. The monoisotopic (exact) mass is 392 g/mol. The van der Waals surface area contributed by atoms with Crippen LogP contribution in [0, 0.1) is 5.92 Å². The highest BCUT2D eigenvalue weighted by atomic mass is 127. The molecule has 0 aromatic heterocycles. The Labute approximate surface area is 125 Å². The van der Waals surface area contributed by atoms with Crippen LogP contribution in [0.15, 0.2) is 0 Å². The van der Waals surface area contributed by atoms with Gasteiger partial charge >= 0.3 is 17.9 Å². The smallest absolute Gasteiger partial charge is 0.377 e. The second-order valence-corrected chi connectivity index (χ2v) is 5.88. The highest BCUT2D eigenvalue weighted by molar-refractivity contribution is 14.1. The van der Waals surface area contributed by atoms with Crippen LogP contribution in [0.5, 0.6) is 0 Å². The van der Waals surface area contributed by atoms with Crippen LogP contribution in [0.1, 0.15) is 33.6 Å². The molecule has 0 aliphatic rings. The Morgan fingerprint density at radius 1 is 1.21 bits per heavy atom.